The van der Waals surface area contributed by atoms with Gasteiger partial charge in [0.2, 0.25) is 5.91 Å². The number of hydrogen-bond donors (Lipinski definition) is 2. The topological polar surface area (TPSA) is 91.4 Å². The van der Waals surface area contributed by atoms with Gasteiger partial charge in [0.15, 0.2) is 0 Å². The van der Waals surface area contributed by atoms with Crippen LogP contribution in [-0.4, -0.2) is 39.8 Å². The van der Waals surface area contributed by atoms with Gasteiger partial charge in [-0.3, -0.25) is 19.5 Å². The minimum atomic E-state index is -0.885. The van der Waals surface area contributed by atoms with Gasteiger partial charge in [0.05, 0.1) is 11.7 Å². The molecule has 2 rings (SSSR count). The zero-order valence-electron chi connectivity index (χ0n) is 13.6. The quantitative estimate of drug-likeness (QED) is 0.775. The number of imide groups is 1. The first kappa shape index (κ1) is 16.9. The van der Waals surface area contributed by atoms with Crippen molar-refractivity contribution in [1.29, 1.82) is 0 Å². The van der Waals surface area contributed by atoms with E-state index in [4.69, 9.17) is 0 Å². The van der Waals surface area contributed by atoms with Crippen LogP contribution in [-0.2, 0) is 9.59 Å². The Morgan fingerprint density at radius 2 is 2.04 bits per heavy atom. The van der Waals surface area contributed by atoms with Crippen molar-refractivity contribution in [3.05, 3.63) is 30.1 Å². The van der Waals surface area contributed by atoms with Crippen molar-refractivity contribution in [3.8, 4) is 0 Å². The van der Waals surface area contributed by atoms with Crippen molar-refractivity contribution in [3.63, 3.8) is 0 Å². The second-order valence-electron chi connectivity index (χ2n) is 5.65. The predicted molar refractivity (Wildman–Crippen MR) is 84.4 cm³/mol. The SMILES string of the molecule is CCC1(CC)NC(=O)N(CC(=O)NC(C)c2ccccn2)C1=O. The Balaban J connectivity index is 2.00. The lowest BCUT2D eigenvalue weighted by atomic mass is 9.93. The van der Waals surface area contributed by atoms with E-state index in [0.717, 1.165) is 10.6 Å². The molecule has 124 valence electrons. The maximum Gasteiger partial charge on any atom is 0.325 e. The summed E-state index contributed by atoms with van der Waals surface area (Å²) < 4.78 is 0. The van der Waals surface area contributed by atoms with Crippen LogP contribution in [0.1, 0.15) is 45.3 Å². The first-order valence-corrected chi connectivity index (χ1v) is 7.78. The van der Waals surface area contributed by atoms with Gasteiger partial charge in [-0.15, -0.1) is 0 Å². The van der Waals surface area contributed by atoms with Crippen LogP contribution in [0.25, 0.3) is 0 Å². The first-order valence-electron chi connectivity index (χ1n) is 7.78. The number of carbonyl (C=O) groups is 3. The van der Waals surface area contributed by atoms with E-state index in [2.05, 4.69) is 15.6 Å². The van der Waals surface area contributed by atoms with Crippen molar-refractivity contribution >= 4 is 17.8 Å². The molecule has 1 saturated heterocycles. The molecule has 0 bridgehead atoms. The highest BCUT2D eigenvalue weighted by atomic mass is 16.2. The van der Waals surface area contributed by atoms with E-state index in [9.17, 15) is 14.4 Å². The van der Waals surface area contributed by atoms with E-state index < -0.39 is 17.5 Å². The van der Waals surface area contributed by atoms with E-state index in [0.29, 0.717) is 12.8 Å². The molecule has 0 aromatic carbocycles. The number of nitrogens with zero attached hydrogens (tertiary/aromatic N) is 2. The first-order chi connectivity index (χ1) is 10.9. The largest absolute Gasteiger partial charge is 0.346 e. The number of carbonyl (C=O) groups excluding carboxylic acids is 3. The molecule has 1 fully saturated rings. The summed E-state index contributed by atoms with van der Waals surface area (Å²) in [6.45, 7) is 5.20. The van der Waals surface area contributed by atoms with Crippen LogP contribution in [0.3, 0.4) is 0 Å². The number of amides is 4. The molecular weight excluding hydrogens is 296 g/mol. The standard InChI is InChI=1S/C16H22N4O3/c1-4-16(5-2)14(22)20(15(23)19-16)10-13(21)18-11(3)12-8-6-7-9-17-12/h6-9,11H,4-5,10H2,1-3H3,(H,18,21)(H,19,23). The molecule has 2 heterocycles. The molecule has 1 aromatic heterocycles. The summed E-state index contributed by atoms with van der Waals surface area (Å²) in [4.78, 5) is 41.7. The van der Waals surface area contributed by atoms with Crippen LogP contribution in [0.5, 0.6) is 0 Å². The Labute approximate surface area is 135 Å². The van der Waals surface area contributed by atoms with E-state index in [-0.39, 0.29) is 18.5 Å². The Morgan fingerprint density at radius 3 is 2.57 bits per heavy atom. The van der Waals surface area contributed by atoms with Gasteiger partial charge < -0.3 is 10.6 Å². The predicted octanol–water partition coefficient (Wildman–Crippen LogP) is 1.37. The second kappa shape index (κ2) is 6.76. The van der Waals surface area contributed by atoms with Crippen LogP contribution < -0.4 is 10.6 Å². The fraction of sp³-hybridized carbons (Fsp3) is 0.500. The molecule has 0 radical (unpaired) electrons. The van der Waals surface area contributed by atoms with Crippen LogP contribution in [0.4, 0.5) is 4.79 Å². The summed E-state index contributed by atoms with van der Waals surface area (Å²) >= 11 is 0. The van der Waals surface area contributed by atoms with Crippen LogP contribution >= 0.6 is 0 Å². The highest BCUT2D eigenvalue weighted by Crippen LogP contribution is 2.24. The lowest BCUT2D eigenvalue weighted by Gasteiger charge is -2.23. The van der Waals surface area contributed by atoms with Crippen molar-refractivity contribution in [2.45, 2.75) is 45.2 Å². The molecule has 0 saturated carbocycles. The fourth-order valence-electron chi connectivity index (χ4n) is 2.69. The number of hydrogen-bond acceptors (Lipinski definition) is 4. The minimum absolute atomic E-state index is 0.288. The molecule has 4 amide bonds. The molecule has 0 aliphatic carbocycles. The number of pyridine rings is 1. The van der Waals surface area contributed by atoms with Gasteiger partial charge in [-0.05, 0) is 31.9 Å². The summed E-state index contributed by atoms with van der Waals surface area (Å²) in [7, 11) is 0. The zero-order valence-corrected chi connectivity index (χ0v) is 13.6. The molecule has 23 heavy (non-hydrogen) atoms. The Morgan fingerprint density at radius 1 is 1.35 bits per heavy atom. The van der Waals surface area contributed by atoms with Gasteiger partial charge in [0, 0.05) is 6.20 Å². The van der Waals surface area contributed by atoms with E-state index in [1.165, 1.54) is 0 Å². The summed E-state index contributed by atoms with van der Waals surface area (Å²) in [6, 6.07) is 4.61. The Bertz CT molecular complexity index is 599. The van der Waals surface area contributed by atoms with Gasteiger partial charge in [-0.2, -0.15) is 0 Å². The maximum absolute atomic E-state index is 12.4. The summed E-state index contributed by atoms with van der Waals surface area (Å²) in [6.07, 6.45) is 2.64. The highest BCUT2D eigenvalue weighted by molar-refractivity contribution is 6.08. The van der Waals surface area contributed by atoms with Crippen molar-refractivity contribution < 1.29 is 14.4 Å². The minimum Gasteiger partial charge on any atom is -0.346 e. The molecule has 1 aliphatic rings. The molecular formula is C16H22N4O3. The lowest BCUT2D eigenvalue weighted by Crippen LogP contribution is -2.46. The molecule has 0 spiro atoms. The van der Waals surface area contributed by atoms with Gasteiger partial charge in [-0.1, -0.05) is 19.9 Å². The number of aromatic nitrogens is 1. The molecule has 7 heteroatoms. The smallest absolute Gasteiger partial charge is 0.325 e. The fourth-order valence-corrected chi connectivity index (χ4v) is 2.69. The van der Waals surface area contributed by atoms with Crippen LogP contribution in [0.15, 0.2) is 24.4 Å². The summed E-state index contributed by atoms with van der Waals surface area (Å²) in [5.74, 6) is -0.734. The molecule has 2 N–H and O–H groups in total. The maximum atomic E-state index is 12.4. The average Bonchev–Trinajstić information content (AvgIpc) is 2.80. The summed E-state index contributed by atoms with van der Waals surface area (Å²) in [5.41, 5.74) is -0.168. The van der Waals surface area contributed by atoms with E-state index >= 15 is 0 Å². The van der Waals surface area contributed by atoms with Crippen molar-refractivity contribution in [2.24, 2.45) is 0 Å². The number of urea groups is 1. The highest BCUT2D eigenvalue weighted by Gasteiger charge is 2.49. The molecule has 1 unspecified atom stereocenters. The van der Waals surface area contributed by atoms with Crippen molar-refractivity contribution in [1.82, 2.24) is 20.5 Å². The third kappa shape index (κ3) is 3.33. The third-order valence-corrected chi connectivity index (χ3v) is 4.26. The lowest BCUT2D eigenvalue weighted by molar-refractivity contribution is -0.135. The van der Waals surface area contributed by atoms with Crippen LogP contribution in [0.2, 0.25) is 0 Å². The summed E-state index contributed by atoms with van der Waals surface area (Å²) in [5, 5.41) is 5.45. The molecule has 1 aliphatic heterocycles. The second-order valence-corrected chi connectivity index (χ2v) is 5.65. The van der Waals surface area contributed by atoms with E-state index in [1.807, 2.05) is 19.9 Å². The van der Waals surface area contributed by atoms with Gasteiger partial charge in [-0.25, -0.2) is 4.79 Å². The third-order valence-electron chi connectivity index (χ3n) is 4.26. The molecule has 1 aromatic rings. The van der Waals surface area contributed by atoms with Gasteiger partial charge in [0.25, 0.3) is 5.91 Å². The Hall–Kier alpha value is -2.44. The van der Waals surface area contributed by atoms with Gasteiger partial charge in [0.1, 0.15) is 12.1 Å². The monoisotopic (exact) mass is 318 g/mol. The number of nitrogens with one attached hydrogen (secondary N) is 2. The molecule has 7 nitrogen and oxygen atoms in total. The zero-order chi connectivity index (χ0) is 17.0. The van der Waals surface area contributed by atoms with Crippen LogP contribution in [0, 0.1) is 0 Å². The molecule has 1 atom stereocenters. The normalized spacial score (nSPS) is 17.8. The van der Waals surface area contributed by atoms with Crippen molar-refractivity contribution in [2.75, 3.05) is 6.54 Å². The number of rotatable bonds is 6. The van der Waals surface area contributed by atoms with E-state index in [1.54, 1.807) is 25.3 Å². The average molecular weight is 318 g/mol. The van der Waals surface area contributed by atoms with Gasteiger partial charge >= 0.3 is 6.03 Å². The Kier molecular flexibility index (Phi) is 4.98.